The second kappa shape index (κ2) is 6.98. The molecule has 1 fully saturated rings. The summed E-state index contributed by atoms with van der Waals surface area (Å²) in [4.78, 5) is 14.9. The summed E-state index contributed by atoms with van der Waals surface area (Å²) in [5.74, 6) is 0.00279. The van der Waals surface area contributed by atoms with E-state index in [1.807, 2.05) is 13.0 Å². The van der Waals surface area contributed by atoms with Crippen LogP contribution in [0.4, 0.5) is 0 Å². The number of carbonyl (C=O) groups excluding carboxylic acids is 1. The fraction of sp³-hybridized carbons (Fsp3) is 0.182. The molecule has 4 rings (SSSR count). The topological polar surface area (TPSA) is 25.2 Å². The summed E-state index contributed by atoms with van der Waals surface area (Å²) in [5.41, 5.74) is 4.44. The van der Waals surface area contributed by atoms with E-state index in [0.717, 1.165) is 22.6 Å². The van der Waals surface area contributed by atoms with E-state index >= 15 is 0 Å². The van der Waals surface area contributed by atoms with Crippen molar-refractivity contribution in [3.8, 4) is 5.69 Å². The van der Waals surface area contributed by atoms with Gasteiger partial charge in [0, 0.05) is 23.6 Å². The SMILES string of the molecule is CCN1C(=O)/C(=C/c2cc(C)n(-c3ccc4ccccc4c3)c2C)SC1=S. The summed E-state index contributed by atoms with van der Waals surface area (Å²) in [7, 11) is 0. The lowest BCUT2D eigenvalue weighted by atomic mass is 10.1. The van der Waals surface area contributed by atoms with Gasteiger partial charge in [0.1, 0.15) is 4.32 Å². The fourth-order valence-electron chi connectivity index (χ4n) is 3.56. The number of thiocarbonyl (C=S) groups is 1. The van der Waals surface area contributed by atoms with Gasteiger partial charge in [0.25, 0.3) is 5.91 Å². The van der Waals surface area contributed by atoms with E-state index < -0.39 is 0 Å². The molecule has 1 aromatic heterocycles. The zero-order valence-corrected chi connectivity index (χ0v) is 17.2. The van der Waals surface area contributed by atoms with Gasteiger partial charge in [0.05, 0.1) is 4.91 Å². The smallest absolute Gasteiger partial charge is 0.266 e. The van der Waals surface area contributed by atoms with E-state index in [4.69, 9.17) is 12.2 Å². The van der Waals surface area contributed by atoms with Gasteiger partial charge >= 0.3 is 0 Å². The summed E-state index contributed by atoms with van der Waals surface area (Å²) < 4.78 is 2.87. The molecular formula is C22H20N2OS2. The third kappa shape index (κ3) is 3.11. The van der Waals surface area contributed by atoms with Crippen LogP contribution in [0.5, 0.6) is 0 Å². The first kappa shape index (κ1) is 18.0. The van der Waals surface area contributed by atoms with Crippen molar-refractivity contribution in [1.82, 2.24) is 9.47 Å². The molecule has 0 saturated carbocycles. The van der Waals surface area contributed by atoms with Gasteiger partial charge in [0.15, 0.2) is 0 Å². The number of carbonyl (C=O) groups is 1. The second-order valence-corrected chi connectivity index (χ2v) is 8.30. The Kier molecular flexibility index (Phi) is 4.66. The molecule has 2 aromatic carbocycles. The number of rotatable bonds is 3. The lowest BCUT2D eigenvalue weighted by molar-refractivity contribution is -0.121. The third-order valence-electron chi connectivity index (χ3n) is 4.94. The van der Waals surface area contributed by atoms with Gasteiger partial charge in [-0.15, -0.1) is 0 Å². The van der Waals surface area contributed by atoms with Gasteiger partial charge in [-0.25, -0.2) is 0 Å². The number of benzene rings is 2. The van der Waals surface area contributed by atoms with Crippen LogP contribution in [-0.2, 0) is 4.79 Å². The van der Waals surface area contributed by atoms with Gasteiger partial charge in [-0.2, -0.15) is 0 Å². The summed E-state index contributed by atoms with van der Waals surface area (Å²) in [6.07, 6.45) is 1.97. The molecule has 0 N–H and O–H groups in total. The molecule has 1 saturated heterocycles. The minimum Gasteiger partial charge on any atom is -0.318 e. The van der Waals surface area contributed by atoms with E-state index in [0.29, 0.717) is 15.8 Å². The van der Waals surface area contributed by atoms with E-state index in [2.05, 4.69) is 66.9 Å². The zero-order valence-electron chi connectivity index (χ0n) is 15.5. The van der Waals surface area contributed by atoms with Crippen LogP contribution in [-0.4, -0.2) is 26.2 Å². The van der Waals surface area contributed by atoms with Crippen molar-refractivity contribution in [3.05, 3.63) is 70.4 Å². The van der Waals surface area contributed by atoms with Gasteiger partial charge in [-0.3, -0.25) is 9.69 Å². The molecule has 1 aliphatic heterocycles. The van der Waals surface area contributed by atoms with Crippen LogP contribution in [0.25, 0.3) is 22.5 Å². The number of fused-ring (bicyclic) bond motifs is 1. The second-order valence-electron chi connectivity index (χ2n) is 6.62. The summed E-state index contributed by atoms with van der Waals surface area (Å²) in [6.45, 7) is 6.74. The number of nitrogens with zero attached hydrogens (tertiary/aromatic N) is 2. The Morgan fingerprint density at radius 1 is 1.07 bits per heavy atom. The Hall–Kier alpha value is -2.37. The van der Waals surface area contributed by atoms with Gasteiger partial charge < -0.3 is 4.57 Å². The molecule has 3 nitrogen and oxygen atoms in total. The van der Waals surface area contributed by atoms with Crippen LogP contribution in [0.2, 0.25) is 0 Å². The maximum Gasteiger partial charge on any atom is 0.266 e. The number of aromatic nitrogens is 1. The Morgan fingerprint density at radius 2 is 1.81 bits per heavy atom. The number of thioether (sulfide) groups is 1. The van der Waals surface area contributed by atoms with Crippen LogP contribution < -0.4 is 0 Å². The predicted octanol–water partition coefficient (Wildman–Crippen LogP) is 5.47. The molecule has 0 aliphatic carbocycles. The molecule has 1 aliphatic rings. The minimum absolute atomic E-state index is 0.00279. The Morgan fingerprint density at radius 3 is 2.52 bits per heavy atom. The highest BCUT2D eigenvalue weighted by molar-refractivity contribution is 8.26. The van der Waals surface area contributed by atoms with Crippen LogP contribution >= 0.6 is 24.0 Å². The van der Waals surface area contributed by atoms with Gasteiger partial charge in [-0.05, 0) is 61.4 Å². The van der Waals surface area contributed by atoms with Crippen LogP contribution in [0.1, 0.15) is 23.9 Å². The Labute approximate surface area is 168 Å². The van der Waals surface area contributed by atoms with E-state index in [1.165, 1.54) is 22.5 Å². The maximum atomic E-state index is 12.5. The number of hydrogen-bond acceptors (Lipinski definition) is 3. The van der Waals surface area contributed by atoms with Crippen molar-refractivity contribution in [2.24, 2.45) is 0 Å². The van der Waals surface area contributed by atoms with Crippen molar-refractivity contribution in [1.29, 1.82) is 0 Å². The zero-order chi connectivity index (χ0) is 19.1. The summed E-state index contributed by atoms with van der Waals surface area (Å²) in [5, 5.41) is 2.44. The van der Waals surface area contributed by atoms with Crippen LogP contribution in [0.3, 0.4) is 0 Å². The molecule has 0 atom stereocenters. The van der Waals surface area contributed by atoms with E-state index in [1.54, 1.807) is 4.90 Å². The normalized spacial score (nSPS) is 16.1. The molecule has 0 radical (unpaired) electrons. The number of likely N-dealkylation sites (N-methyl/N-ethyl adjacent to an activating group) is 1. The minimum atomic E-state index is 0.00279. The van der Waals surface area contributed by atoms with Crippen LogP contribution in [0, 0.1) is 13.8 Å². The number of hydrogen-bond donors (Lipinski definition) is 0. The average Bonchev–Trinajstić information content (AvgIpc) is 3.09. The predicted molar refractivity (Wildman–Crippen MR) is 118 cm³/mol. The Bertz CT molecular complexity index is 1110. The molecule has 0 unspecified atom stereocenters. The molecule has 1 amide bonds. The third-order valence-corrected chi connectivity index (χ3v) is 6.32. The van der Waals surface area contributed by atoms with E-state index in [9.17, 15) is 4.79 Å². The lowest BCUT2D eigenvalue weighted by Gasteiger charge is -2.11. The first-order valence-electron chi connectivity index (χ1n) is 8.93. The highest BCUT2D eigenvalue weighted by atomic mass is 32.2. The molecule has 2 heterocycles. The molecule has 27 heavy (non-hydrogen) atoms. The molecule has 0 bridgehead atoms. The quantitative estimate of drug-likeness (QED) is 0.437. The number of aryl methyl sites for hydroxylation is 1. The fourth-order valence-corrected chi connectivity index (χ4v) is 4.94. The largest absolute Gasteiger partial charge is 0.318 e. The standard InChI is InChI=1S/C22H20N2OS2/c1-4-23-21(25)20(27-22(23)26)13-18-11-14(2)24(15(18)3)19-10-9-16-7-5-6-8-17(16)12-19/h5-13H,4H2,1-3H3/b20-13-. The molecule has 3 aromatic rings. The van der Waals surface area contributed by atoms with Crippen LogP contribution in [0.15, 0.2) is 53.4 Å². The van der Waals surface area contributed by atoms with Crippen molar-refractivity contribution in [2.45, 2.75) is 20.8 Å². The van der Waals surface area contributed by atoms with Crippen molar-refractivity contribution in [2.75, 3.05) is 6.54 Å². The molecular weight excluding hydrogens is 372 g/mol. The average molecular weight is 393 g/mol. The molecule has 0 spiro atoms. The van der Waals surface area contributed by atoms with E-state index in [-0.39, 0.29) is 5.91 Å². The number of amides is 1. The monoisotopic (exact) mass is 392 g/mol. The molecule has 5 heteroatoms. The molecule has 136 valence electrons. The van der Waals surface area contributed by atoms with Gasteiger partial charge in [0.2, 0.25) is 0 Å². The summed E-state index contributed by atoms with van der Waals surface area (Å²) in [6, 6.07) is 17.0. The van der Waals surface area contributed by atoms with Crippen molar-refractivity contribution < 1.29 is 4.79 Å². The Balaban J connectivity index is 1.77. The first-order valence-corrected chi connectivity index (χ1v) is 10.2. The maximum absolute atomic E-state index is 12.5. The van der Waals surface area contributed by atoms with Crippen molar-refractivity contribution in [3.63, 3.8) is 0 Å². The first-order chi connectivity index (χ1) is 13.0. The van der Waals surface area contributed by atoms with Gasteiger partial charge in [-0.1, -0.05) is 54.3 Å². The highest BCUT2D eigenvalue weighted by Crippen LogP contribution is 2.34. The highest BCUT2D eigenvalue weighted by Gasteiger charge is 2.30. The van der Waals surface area contributed by atoms with Crippen molar-refractivity contribution >= 4 is 51.1 Å². The lowest BCUT2D eigenvalue weighted by Crippen LogP contribution is -2.27. The summed E-state index contributed by atoms with van der Waals surface area (Å²) >= 11 is 6.70.